The number of halogens is 1. The molecule has 0 N–H and O–H groups in total. The Balaban J connectivity index is 1.69. The first-order valence-electron chi connectivity index (χ1n) is 7.52. The first-order chi connectivity index (χ1) is 11.7. The molecule has 4 rings (SSSR count). The van der Waals surface area contributed by atoms with Crippen LogP contribution in [0.1, 0.15) is 11.1 Å². The standard InChI is InChI=1S/C18H13FN4O/c19-15-3-1-2-13(9-15)16-6-7-18(24)23(22-16)11-12-4-5-14-10-20-21-17(14)8-12/h1-9H,10-11H2. The Labute approximate surface area is 137 Å². The third-order valence-corrected chi connectivity index (χ3v) is 3.89. The van der Waals surface area contributed by atoms with E-state index in [1.54, 1.807) is 18.2 Å². The van der Waals surface area contributed by atoms with Crippen molar-refractivity contribution in [1.82, 2.24) is 9.78 Å². The highest BCUT2D eigenvalue weighted by Gasteiger charge is 2.10. The van der Waals surface area contributed by atoms with Crippen molar-refractivity contribution in [2.24, 2.45) is 10.2 Å². The smallest absolute Gasteiger partial charge is 0.267 e. The number of rotatable bonds is 3. The molecule has 1 aromatic heterocycles. The maximum Gasteiger partial charge on any atom is 0.267 e. The molecule has 0 saturated heterocycles. The highest BCUT2D eigenvalue weighted by molar-refractivity contribution is 5.58. The molecule has 0 saturated carbocycles. The summed E-state index contributed by atoms with van der Waals surface area (Å²) < 4.78 is 14.8. The molecule has 2 aromatic carbocycles. The van der Waals surface area contributed by atoms with Gasteiger partial charge in [-0.05, 0) is 29.8 Å². The number of nitrogens with zero attached hydrogens (tertiary/aromatic N) is 4. The van der Waals surface area contributed by atoms with Gasteiger partial charge in [0.2, 0.25) is 0 Å². The lowest BCUT2D eigenvalue weighted by Crippen LogP contribution is -2.22. The van der Waals surface area contributed by atoms with Gasteiger partial charge in [-0.3, -0.25) is 4.79 Å². The lowest BCUT2D eigenvalue weighted by Gasteiger charge is -2.08. The van der Waals surface area contributed by atoms with E-state index in [1.807, 2.05) is 18.2 Å². The summed E-state index contributed by atoms with van der Waals surface area (Å²) in [6.45, 7) is 0.924. The van der Waals surface area contributed by atoms with Crippen LogP contribution in [0, 0.1) is 5.82 Å². The molecule has 0 bridgehead atoms. The minimum atomic E-state index is -0.337. The van der Waals surface area contributed by atoms with Crippen LogP contribution in [0.5, 0.6) is 0 Å². The first kappa shape index (κ1) is 14.4. The molecular formula is C18H13FN4O. The van der Waals surface area contributed by atoms with Crippen LogP contribution in [0.25, 0.3) is 11.3 Å². The van der Waals surface area contributed by atoms with Gasteiger partial charge in [-0.2, -0.15) is 15.3 Å². The van der Waals surface area contributed by atoms with E-state index >= 15 is 0 Å². The molecule has 6 heteroatoms. The maximum atomic E-state index is 13.4. The second-order valence-electron chi connectivity index (χ2n) is 5.59. The summed E-state index contributed by atoms with van der Waals surface area (Å²) in [6, 6.07) is 15.0. The summed E-state index contributed by atoms with van der Waals surface area (Å²) in [5, 5.41) is 12.4. The lowest BCUT2D eigenvalue weighted by molar-refractivity contribution is 0.626. The molecule has 118 valence electrons. The van der Waals surface area contributed by atoms with E-state index in [-0.39, 0.29) is 11.4 Å². The van der Waals surface area contributed by atoms with Gasteiger partial charge in [0.15, 0.2) is 0 Å². The fraction of sp³-hybridized carbons (Fsp3) is 0.111. The number of hydrogen-bond acceptors (Lipinski definition) is 4. The normalized spacial score (nSPS) is 12.4. The fourth-order valence-corrected chi connectivity index (χ4v) is 2.66. The topological polar surface area (TPSA) is 59.6 Å². The van der Waals surface area contributed by atoms with Crippen molar-refractivity contribution in [1.29, 1.82) is 0 Å². The Morgan fingerprint density at radius 2 is 2.00 bits per heavy atom. The van der Waals surface area contributed by atoms with Gasteiger partial charge < -0.3 is 0 Å². The summed E-state index contributed by atoms with van der Waals surface area (Å²) in [4.78, 5) is 12.1. The van der Waals surface area contributed by atoms with Gasteiger partial charge in [0.25, 0.3) is 5.56 Å². The predicted molar refractivity (Wildman–Crippen MR) is 87.7 cm³/mol. The zero-order valence-corrected chi connectivity index (χ0v) is 12.7. The highest BCUT2D eigenvalue weighted by Crippen LogP contribution is 2.27. The molecular weight excluding hydrogens is 307 g/mol. The van der Waals surface area contributed by atoms with Crippen molar-refractivity contribution >= 4 is 5.69 Å². The number of benzene rings is 2. The Morgan fingerprint density at radius 1 is 1.08 bits per heavy atom. The van der Waals surface area contributed by atoms with Gasteiger partial charge in [-0.1, -0.05) is 24.3 Å². The summed E-state index contributed by atoms with van der Waals surface area (Å²) >= 11 is 0. The van der Waals surface area contributed by atoms with Crippen molar-refractivity contribution in [3.8, 4) is 11.3 Å². The minimum absolute atomic E-state index is 0.211. The Bertz CT molecular complexity index is 1010. The molecule has 24 heavy (non-hydrogen) atoms. The largest absolute Gasteiger partial charge is 0.268 e. The van der Waals surface area contributed by atoms with Crippen molar-refractivity contribution in [2.75, 3.05) is 0 Å². The number of fused-ring (bicyclic) bond motifs is 1. The zero-order valence-electron chi connectivity index (χ0n) is 12.7. The average Bonchev–Trinajstić information content (AvgIpc) is 3.04. The maximum absolute atomic E-state index is 13.4. The van der Waals surface area contributed by atoms with Crippen LogP contribution >= 0.6 is 0 Å². The number of aromatic nitrogens is 2. The third-order valence-electron chi connectivity index (χ3n) is 3.89. The van der Waals surface area contributed by atoms with Crippen LogP contribution in [0.4, 0.5) is 10.1 Å². The number of azo groups is 1. The van der Waals surface area contributed by atoms with E-state index in [9.17, 15) is 9.18 Å². The van der Waals surface area contributed by atoms with Gasteiger partial charge in [0.1, 0.15) is 5.82 Å². The molecule has 0 unspecified atom stereocenters. The van der Waals surface area contributed by atoms with Crippen LogP contribution in [-0.2, 0) is 13.1 Å². The molecule has 3 aromatic rings. The molecule has 0 spiro atoms. The molecule has 5 nitrogen and oxygen atoms in total. The van der Waals surface area contributed by atoms with Crippen molar-refractivity contribution in [3.05, 3.63) is 81.9 Å². The van der Waals surface area contributed by atoms with Crippen molar-refractivity contribution < 1.29 is 4.39 Å². The molecule has 0 atom stereocenters. The SMILES string of the molecule is O=c1ccc(-c2cccc(F)c2)nn1Cc1ccc2c(c1)N=NC2. The fourth-order valence-electron chi connectivity index (χ4n) is 2.66. The summed E-state index contributed by atoms with van der Waals surface area (Å²) in [5.74, 6) is -0.337. The quantitative estimate of drug-likeness (QED) is 0.739. The van der Waals surface area contributed by atoms with Gasteiger partial charge in [0.05, 0.1) is 24.5 Å². The second kappa shape index (κ2) is 5.81. The van der Waals surface area contributed by atoms with Gasteiger partial charge in [-0.25, -0.2) is 9.07 Å². The van der Waals surface area contributed by atoms with E-state index in [1.165, 1.54) is 22.9 Å². The van der Waals surface area contributed by atoms with E-state index in [2.05, 4.69) is 15.3 Å². The zero-order chi connectivity index (χ0) is 16.5. The molecule has 2 heterocycles. The van der Waals surface area contributed by atoms with E-state index in [0.717, 1.165) is 16.8 Å². The van der Waals surface area contributed by atoms with E-state index in [0.29, 0.717) is 24.3 Å². The highest BCUT2D eigenvalue weighted by atomic mass is 19.1. The molecule has 1 aliphatic heterocycles. The minimum Gasteiger partial charge on any atom is -0.268 e. The predicted octanol–water partition coefficient (Wildman–Crippen LogP) is 3.70. The summed E-state index contributed by atoms with van der Waals surface area (Å²) in [6.07, 6.45) is 0. The van der Waals surface area contributed by atoms with Crippen LogP contribution in [0.2, 0.25) is 0 Å². The Kier molecular flexibility index (Phi) is 3.49. The summed E-state index contributed by atoms with van der Waals surface area (Å²) in [7, 11) is 0. The Hall–Kier alpha value is -3.15. The third kappa shape index (κ3) is 2.74. The first-order valence-corrected chi connectivity index (χ1v) is 7.52. The van der Waals surface area contributed by atoms with Crippen LogP contribution in [0.15, 0.2) is 69.6 Å². The summed E-state index contributed by atoms with van der Waals surface area (Å²) in [5.41, 5.74) is 3.80. The Morgan fingerprint density at radius 3 is 2.88 bits per heavy atom. The number of hydrogen-bond donors (Lipinski definition) is 0. The van der Waals surface area contributed by atoms with Crippen LogP contribution < -0.4 is 5.56 Å². The average molecular weight is 320 g/mol. The van der Waals surface area contributed by atoms with Crippen molar-refractivity contribution in [2.45, 2.75) is 13.1 Å². The van der Waals surface area contributed by atoms with E-state index in [4.69, 9.17) is 0 Å². The van der Waals surface area contributed by atoms with Gasteiger partial charge in [-0.15, -0.1) is 0 Å². The molecule has 0 amide bonds. The van der Waals surface area contributed by atoms with Crippen LogP contribution in [-0.4, -0.2) is 9.78 Å². The van der Waals surface area contributed by atoms with Gasteiger partial charge in [0, 0.05) is 17.2 Å². The van der Waals surface area contributed by atoms with Gasteiger partial charge >= 0.3 is 0 Å². The monoisotopic (exact) mass is 320 g/mol. The van der Waals surface area contributed by atoms with Crippen LogP contribution in [0.3, 0.4) is 0 Å². The molecule has 0 fully saturated rings. The molecule has 1 aliphatic rings. The van der Waals surface area contributed by atoms with E-state index < -0.39 is 0 Å². The molecule has 0 aliphatic carbocycles. The lowest BCUT2D eigenvalue weighted by atomic mass is 10.1. The molecule has 0 radical (unpaired) electrons. The van der Waals surface area contributed by atoms with Crippen molar-refractivity contribution in [3.63, 3.8) is 0 Å². The second-order valence-corrected chi connectivity index (χ2v) is 5.59.